The molecule has 2 heterocycles. The van der Waals surface area contributed by atoms with Crippen molar-refractivity contribution in [3.8, 4) is 0 Å². The predicted molar refractivity (Wildman–Crippen MR) is 77.0 cm³/mol. The van der Waals surface area contributed by atoms with Gasteiger partial charge in [-0.15, -0.1) is 0 Å². The van der Waals surface area contributed by atoms with Gasteiger partial charge in [0, 0.05) is 31.4 Å². The predicted octanol–water partition coefficient (Wildman–Crippen LogP) is 3.00. The Labute approximate surface area is 111 Å². The molecule has 0 aliphatic carbocycles. The number of hydrogen-bond acceptors (Lipinski definition) is 2. The van der Waals surface area contributed by atoms with Crippen LogP contribution in [0.4, 0.5) is 5.69 Å². The number of benzene rings is 1. The summed E-state index contributed by atoms with van der Waals surface area (Å²) < 4.78 is 0. The average Bonchev–Trinajstić information content (AvgIpc) is 2.87. The van der Waals surface area contributed by atoms with Crippen molar-refractivity contribution in [2.45, 2.75) is 32.2 Å². The largest absolute Gasteiger partial charge is 0.371 e. The molecule has 3 rings (SSSR count). The third kappa shape index (κ3) is 2.54. The van der Waals surface area contributed by atoms with Gasteiger partial charge >= 0.3 is 0 Å². The van der Waals surface area contributed by atoms with Crippen LogP contribution in [0.1, 0.15) is 26.2 Å². The van der Waals surface area contributed by atoms with Crippen molar-refractivity contribution in [1.82, 2.24) is 4.90 Å². The highest BCUT2D eigenvalue weighted by molar-refractivity contribution is 5.46. The van der Waals surface area contributed by atoms with E-state index in [0.29, 0.717) is 0 Å². The smallest absolute Gasteiger partial charge is 0.0366 e. The maximum atomic E-state index is 2.73. The van der Waals surface area contributed by atoms with Crippen molar-refractivity contribution in [2.75, 3.05) is 31.1 Å². The monoisotopic (exact) mass is 244 g/mol. The molecule has 2 nitrogen and oxygen atoms in total. The first-order valence-corrected chi connectivity index (χ1v) is 7.37. The first-order valence-electron chi connectivity index (χ1n) is 7.37. The lowest BCUT2D eigenvalue weighted by Gasteiger charge is -2.38. The van der Waals surface area contributed by atoms with E-state index in [4.69, 9.17) is 0 Å². The second kappa shape index (κ2) is 5.31. The molecule has 1 aromatic carbocycles. The second-order valence-electron chi connectivity index (χ2n) is 5.94. The van der Waals surface area contributed by atoms with E-state index in [1.807, 2.05) is 0 Å². The second-order valence-corrected chi connectivity index (χ2v) is 5.94. The molecule has 0 saturated carbocycles. The first-order chi connectivity index (χ1) is 8.83. The molecule has 1 atom stereocenters. The minimum Gasteiger partial charge on any atom is -0.371 e. The van der Waals surface area contributed by atoms with Gasteiger partial charge in [-0.1, -0.05) is 25.1 Å². The van der Waals surface area contributed by atoms with Crippen LogP contribution in [0.5, 0.6) is 0 Å². The summed E-state index contributed by atoms with van der Waals surface area (Å²) in [5.41, 5.74) is 1.39. The van der Waals surface area contributed by atoms with Crippen LogP contribution in [0.3, 0.4) is 0 Å². The van der Waals surface area contributed by atoms with Crippen LogP contribution in [0, 0.1) is 5.92 Å². The van der Waals surface area contributed by atoms with Crippen LogP contribution in [0.2, 0.25) is 0 Å². The summed E-state index contributed by atoms with van der Waals surface area (Å²) in [6.07, 6.45) is 4.07. The van der Waals surface area contributed by atoms with Gasteiger partial charge in [0.25, 0.3) is 0 Å². The topological polar surface area (TPSA) is 6.48 Å². The first kappa shape index (κ1) is 12.0. The number of likely N-dealkylation sites (tertiary alicyclic amines) is 1. The molecule has 98 valence electrons. The molecule has 2 aliphatic rings. The molecule has 18 heavy (non-hydrogen) atoms. The summed E-state index contributed by atoms with van der Waals surface area (Å²) in [5.74, 6) is 0.914. The van der Waals surface area contributed by atoms with Crippen molar-refractivity contribution in [1.29, 1.82) is 0 Å². The van der Waals surface area contributed by atoms with Crippen molar-refractivity contribution in [3.63, 3.8) is 0 Å². The summed E-state index contributed by atoms with van der Waals surface area (Å²) in [6.45, 7) is 7.49. The van der Waals surface area contributed by atoms with Crippen molar-refractivity contribution >= 4 is 5.69 Å². The van der Waals surface area contributed by atoms with Gasteiger partial charge in [-0.3, -0.25) is 4.90 Å². The Morgan fingerprint density at radius 3 is 2.28 bits per heavy atom. The van der Waals surface area contributed by atoms with E-state index < -0.39 is 0 Å². The zero-order chi connectivity index (χ0) is 12.4. The molecule has 2 aliphatic heterocycles. The Morgan fingerprint density at radius 2 is 1.67 bits per heavy atom. The van der Waals surface area contributed by atoms with Gasteiger partial charge in [-0.25, -0.2) is 0 Å². The van der Waals surface area contributed by atoms with Crippen molar-refractivity contribution in [2.24, 2.45) is 5.92 Å². The molecular weight excluding hydrogens is 220 g/mol. The van der Waals surface area contributed by atoms with E-state index in [1.54, 1.807) is 0 Å². The summed E-state index contributed by atoms with van der Waals surface area (Å²) >= 11 is 0. The van der Waals surface area contributed by atoms with E-state index in [1.165, 1.54) is 51.1 Å². The molecule has 0 aromatic heterocycles. The van der Waals surface area contributed by atoms with Crippen LogP contribution in [-0.2, 0) is 0 Å². The number of anilines is 1. The van der Waals surface area contributed by atoms with Gasteiger partial charge in [0.05, 0.1) is 0 Å². The van der Waals surface area contributed by atoms with E-state index in [9.17, 15) is 0 Å². The maximum Gasteiger partial charge on any atom is 0.0366 e. The molecule has 1 unspecified atom stereocenters. The Kier molecular flexibility index (Phi) is 3.55. The van der Waals surface area contributed by atoms with Crippen LogP contribution >= 0.6 is 0 Å². The average molecular weight is 244 g/mol. The molecule has 1 aromatic rings. The molecule has 2 saturated heterocycles. The fourth-order valence-electron chi connectivity index (χ4n) is 3.43. The van der Waals surface area contributed by atoms with Crippen LogP contribution in [0.15, 0.2) is 30.3 Å². The standard InChI is InChI=1S/C16H24N2/c1-14-7-10-18(13-14)16-8-11-17(12-9-16)15-5-3-2-4-6-15/h2-6,14,16H,7-13H2,1H3. The van der Waals surface area contributed by atoms with Gasteiger partial charge in [0.2, 0.25) is 0 Å². The van der Waals surface area contributed by atoms with E-state index >= 15 is 0 Å². The number of hydrogen-bond donors (Lipinski definition) is 0. The Balaban J connectivity index is 1.55. The maximum absolute atomic E-state index is 2.73. The van der Waals surface area contributed by atoms with E-state index in [-0.39, 0.29) is 0 Å². The third-order valence-electron chi connectivity index (χ3n) is 4.56. The summed E-state index contributed by atoms with van der Waals surface area (Å²) in [5, 5.41) is 0. The summed E-state index contributed by atoms with van der Waals surface area (Å²) in [6, 6.07) is 11.7. The number of rotatable bonds is 2. The van der Waals surface area contributed by atoms with Crippen LogP contribution < -0.4 is 4.90 Å². The van der Waals surface area contributed by atoms with Crippen LogP contribution in [-0.4, -0.2) is 37.1 Å². The zero-order valence-corrected chi connectivity index (χ0v) is 11.4. The fraction of sp³-hybridized carbons (Fsp3) is 0.625. The fourth-order valence-corrected chi connectivity index (χ4v) is 3.43. The SMILES string of the molecule is CC1CCN(C2CCN(c3ccccc3)CC2)C1. The molecule has 0 amide bonds. The van der Waals surface area contributed by atoms with Gasteiger partial charge in [-0.2, -0.15) is 0 Å². The lowest BCUT2D eigenvalue weighted by Crippen LogP contribution is -2.44. The minimum atomic E-state index is 0.843. The lowest BCUT2D eigenvalue weighted by atomic mass is 10.0. The molecule has 0 N–H and O–H groups in total. The minimum absolute atomic E-state index is 0.843. The highest BCUT2D eigenvalue weighted by Gasteiger charge is 2.28. The molecule has 2 fully saturated rings. The number of piperidine rings is 1. The Hall–Kier alpha value is -1.02. The van der Waals surface area contributed by atoms with Crippen molar-refractivity contribution < 1.29 is 0 Å². The highest BCUT2D eigenvalue weighted by atomic mass is 15.2. The number of nitrogens with zero attached hydrogens (tertiary/aromatic N) is 2. The highest BCUT2D eigenvalue weighted by Crippen LogP contribution is 2.26. The zero-order valence-electron chi connectivity index (χ0n) is 11.4. The quantitative estimate of drug-likeness (QED) is 0.789. The third-order valence-corrected chi connectivity index (χ3v) is 4.56. The van der Waals surface area contributed by atoms with Crippen LogP contribution in [0.25, 0.3) is 0 Å². The van der Waals surface area contributed by atoms with Gasteiger partial charge in [-0.05, 0) is 43.9 Å². The summed E-state index contributed by atoms with van der Waals surface area (Å²) in [7, 11) is 0. The van der Waals surface area contributed by atoms with Crippen molar-refractivity contribution in [3.05, 3.63) is 30.3 Å². The molecular formula is C16H24N2. The van der Waals surface area contributed by atoms with E-state index in [0.717, 1.165) is 12.0 Å². The Morgan fingerprint density at radius 1 is 0.944 bits per heavy atom. The molecule has 0 spiro atoms. The van der Waals surface area contributed by atoms with Gasteiger partial charge < -0.3 is 4.90 Å². The lowest BCUT2D eigenvalue weighted by molar-refractivity contribution is 0.202. The summed E-state index contributed by atoms with van der Waals surface area (Å²) in [4.78, 5) is 5.27. The van der Waals surface area contributed by atoms with Gasteiger partial charge in [0.1, 0.15) is 0 Å². The number of para-hydroxylation sites is 1. The molecule has 0 bridgehead atoms. The van der Waals surface area contributed by atoms with Gasteiger partial charge in [0.15, 0.2) is 0 Å². The molecule has 0 radical (unpaired) electrons. The molecule has 2 heteroatoms. The van der Waals surface area contributed by atoms with E-state index in [2.05, 4.69) is 47.1 Å². The Bertz CT molecular complexity index is 368. The normalized spacial score (nSPS) is 26.7.